The lowest BCUT2D eigenvalue weighted by Gasteiger charge is -2.18. The van der Waals surface area contributed by atoms with Crippen molar-refractivity contribution in [2.24, 2.45) is 5.92 Å². The van der Waals surface area contributed by atoms with E-state index < -0.39 is 5.92 Å². The molecule has 2 aromatic carbocycles. The van der Waals surface area contributed by atoms with Crippen LogP contribution in [0.5, 0.6) is 0 Å². The molecule has 1 aliphatic heterocycles. The van der Waals surface area contributed by atoms with E-state index in [2.05, 4.69) is 21.2 Å². The smallest absolute Gasteiger partial charge is 0.227 e. The van der Waals surface area contributed by atoms with Crippen LogP contribution >= 0.6 is 15.9 Å². The fourth-order valence-corrected chi connectivity index (χ4v) is 3.27. The number of nitrogens with zero attached hydrogens (tertiary/aromatic N) is 1. The minimum atomic E-state index is -0.404. The lowest BCUT2D eigenvalue weighted by molar-refractivity contribution is -0.126. The number of carbonyl (C=O) groups is 2. The van der Waals surface area contributed by atoms with E-state index in [9.17, 15) is 14.0 Å². The molecule has 0 aromatic heterocycles. The van der Waals surface area contributed by atoms with Crippen LogP contribution in [0.15, 0.2) is 53.0 Å². The zero-order valence-corrected chi connectivity index (χ0v) is 14.4. The van der Waals surface area contributed by atoms with Crippen LogP contribution in [-0.2, 0) is 16.1 Å². The van der Waals surface area contributed by atoms with E-state index in [1.807, 2.05) is 24.3 Å². The second-order valence-corrected chi connectivity index (χ2v) is 6.56. The Balaban J connectivity index is 1.63. The van der Waals surface area contributed by atoms with Gasteiger partial charge in [-0.2, -0.15) is 0 Å². The van der Waals surface area contributed by atoms with Gasteiger partial charge in [0.05, 0.1) is 11.6 Å². The minimum absolute atomic E-state index is 0.0761. The predicted octanol–water partition coefficient (Wildman–Crippen LogP) is 3.26. The first-order valence-electron chi connectivity index (χ1n) is 7.61. The van der Waals surface area contributed by atoms with Crippen LogP contribution in [0.4, 0.5) is 10.1 Å². The normalized spacial score (nSPS) is 17.2. The highest BCUT2D eigenvalue weighted by atomic mass is 79.9. The zero-order chi connectivity index (χ0) is 17.1. The van der Waals surface area contributed by atoms with Gasteiger partial charge in [0.15, 0.2) is 0 Å². The standard InChI is InChI=1S/C18H16BrFN2O2/c19-15-6-1-2-7-16(15)22-11-13(9-17(22)23)18(24)21-10-12-4-3-5-14(20)8-12/h1-8,13H,9-11H2,(H,21,24). The Bertz CT molecular complexity index is 781. The van der Waals surface area contributed by atoms with Crippen LogP contribution in [0.1, 0.15) is 12.0 Å². The Morgan fingerprint density at radius 2 is 2.04 bits per heavy atom. The molecule has 2 amide bonds. The maximum atomic E-state index is 13.2. The average Bonchev–Trinajstić information content (AvgIpc) is 2.95. The number of nitrogens with one attached hydrogen (secondary N) is 1. The van der Waals surface area contributed by atoms with Crippen LogP contribution in [0.3, 0.4) is 0 Å². The Morgan fingerprint density at radius 1 is 1.25 bits per heavy atom. The number of para-hydroxylation sites is 1. The molecule has 1 heterocycles. The highest BCUT2D eigenvalue weighted by Gasteiger charge is 2.35. The van der Waals surface area contributed by atoms with Crippen molar-refractivity contribution < 1.29 is 14.0 Å². The number of amides is 2. The number of halogens is 2. The minimum Gasteiger partial charge on any atom is -0.352 e. The molecule has 0 radical (unpaired) electrons. The fraction of sp³-hybridized carbons (Fsp3) is 0.222. The molecule has 3 rings (SSSR count). The fourth-order valence-electron chi connectivity index (χ4n) is 2.77. The summed E-state index contributed by atoms with van der Waals surface area (Å²) in [5.74, 6) is -1.01. The summed E-state index contributed by atoms with van der Waals surface area (Å²) in [7, 11) is 0. The van der Waals surface area contributed by atoms with Crippen LogP contribution in [-0.4, -0.2) is 18.4 Å². The van der Waals surface area contributed by atoms with Crippen molar-refractivity contribution in [2.75, 3.05) is 11.4 Å². The van der Waals surface area contributed by atoms with Gasteiger partial charge in [0, 0.05) is 24.0 Å². The Morgan fingerprint density at radius 3 is 2.79 bits per heavy atom. The van der Waals surface area contributed by atoms with E-state index >= 15 is 0 Å². The van der Waals surface area contributed by atoms with Crippen LogP contribution < -0.4 is 10.2 Å². The van der Waals surface area contributed by atoms with E-state index in [0.29, 0.717) is 12.1 Å². The van der Waals surface area contributed by atoms with Crippen LogP contribution in [0.25, 0.3) is 0 Å². The molecule has 0 bridgehead atoms. The van der Waals surface area contributed by atoms with Crippen molar-refractivity contribution in [3.63, 3.8) is 0 Å². The molecular weight excluding hydrogens is 375 g/mol. The number of benzene rings is 2. The van der Waals surface area contributed by atoms with Crippen LogP contribution in [0.2, 0.25) is 0 Å². The molecule has 1 fully saturated rings. The number of anilines is 1. The molecule has 0 spiro atoms. The maximum Gasteiger partial charge on any atom is 0.227 e. The van der Waals surface area contributed by atoms with Gasteiger partial charge < -0.3 is 10.2 Å². The zero-order valence-electron chi connectivity index (χ0n) is 12.8. The van der Waals surface area contributed by atoms with Crippen molar-refractivity contribution in [3.8, 4) is 0 Å². The van der Waals surface area contributed by atoms with E-state index in [4.69, 9.17) is 0 Å². The van der Waals surface area contributed by atoms with Gasteiger partial charge in [-0.25, -0.2) is 4.39 Å². The first kappa shape index (κ1) is 16.6. The molecule has 4 nitrogen and oxygen atoms in total. The predicted molar refractivity (Wildman–Crippen MR) is 92.8 cm³/mol. The molecule has 124 valence electrons. The second-order valence-electron chi connectivity index (χ2n) is 5.70. The average molecular weight is 391 g/mol. The molecule has 1 saturated heterocycles. The van der Waals surface area contributed by atoms with Gasteiger partial charge in [0.1, 0.15) is 5.82 Å². The molecule has 0 aliphatic carbocycles. The largest absolute Gasteiger partial charge is 0.352 e. The highest BCUT2D eigenvalue weighted by molar-refractivity contribution is 9.10. The summed E-state index contributed by atoms with van der Waals surface area (Å²) in [5.41, 5.74) is 1.46. The summed E-state index contributed by atoms with van der Waals surface area (Å²) >= 11 is 3.43. The van der Waals surface area contributed by atoms with Crippen molar-refractivity contribution in [2.45, 2.75) is 13.0 Å². The molecule has 2 aromatic rings. The van der Waals surface area contributed by atoms with Gasteiger partial charge in [0.2, 0.25) is 11.8 Å². The Hall–Kier alpha value is -2.21. The summed E-state index contributed by atoms with van der Waals surface area (Å²) in [4.78, 5) is 26.2. The third-order valence-corrected chi connectivity index (χ3v) is 4.67. The van der Waals surface area contributed by atoms with Crippen molar-refractivity contribution >= 4 is 33.4 Å². The Labute approximate surface area is 147 Å². The van der Waals surface area contributed by atoms with Crippen molar-refractivity contribution in [3.05, 3.63) is 64.4 Å². The SMILES string of the molecule is O=C(NCc1cccc(F)c1)C1CC(=O)N(c2ccccc2Br)C1. The molecular formula is C18H16BrFN2O2. The first-order valence-corrected chi connectivity index (χ1v) is 8.41. The van der Waals surface area contributed by atoms with E-state index in [1.54, 1.807) is 17.0 Å². The topological polar surface area (TPSA) is 49.4 Å². The molecule has 1 aliphatic rings. The van der Waals surface area contributed by atoms with Crippen molar-refractivity contribution in [1.29, 1.82) is 0 Å². The third-order valence-electron chi connectivity index (χ3n) is 3.99. The molecule has 6 heteroatoms. The quantitative estimate of drug-likeness (QED) is 0.870. The monoisotopic (exact) mass is 390 g/mol. The number of rotatable bonds is 4. The van der Waals surface area contributed by atoms with Gasteiger partial charge in [0.25, 0.3) is 0 Å². The summed E-state index contributed by atoms with van der Waals surface area (Å²) < 4.78 is 14.0. The van der Waals surface area contributed by atoms with Gasteiger partial charge >= 0.3 is 0 Å². The van der Waals surface area contributed by atoms with Crippen LogP contribution in [0, 0.1) is 11.7 Å². The number of carbonyl (C=O) groups excluding carboxylic acids is 2. The van der Waals surface area contributed by atoms with Gasteiger partial charge in [-0.1, -0.05) is 24.3 Å². The first-order chi connectivity index (χ1) is 11.5. The summed E-state index contributed by atoms with van der Waals surface area (Å²) in [5, 5.41) is 2.78. The van der Waals surface area contributed by atoms with Gasteiger partial charge in [-0.3, -0.25) is 9.59 Å². The molecule has 1 unspecified atom stereocenters. The summed E-state index contributed by atoms with van der Waals surface area (Å²) in [6, 6.07) is 13.5. The van der Waals surface area contributed by atoms with Crippen molar-refractivity contribution in [1.82, 2.24) is 5.32 Å². The second kappa shape index (κ2) is 7.13. The van der Waals surface area contributed by atoms with E-state index in [0.717, 1.165) is 10.2 Å². The summed E-state index contributed by atoms with van der Waals surface area (Å²) in [6.45, 7) is 0.590. The van der Waals surface area contributed by atoms with Gasteiger partial charge in [-0.15, -0.1) is 0 Å². The lowest BCUT2D eigenvalue weighted by Crippen LogP contribution is -2.32. The van der Waals surface area contributed by atoms with E-state index in [1.165, 1.54) is 12.1 Å². The Kier molecular flexibility index (Phi) is 4.94. The maximum absolute atomic E-state index is 13.2. The molecule has 1 N–H and O–H groups in total. The summed E-state index contributed by atoms with van der Waals surface area (Å²) in [6.07, 6.45) is 0.177. The third kappa shape index (κ3) is 3.64. The lowest BCUT2D eigenvalue weighted by atomic mass is 10.1. The molecule has 1 atom stereocenters. The van der Waals surface area contributed by atoms with Gasteiger partial charge in [-0.05, 0) is 45.8 Å². The van der Waals surface area contributed by atoms with E-state index in [-0.39, 0.29) is 30.6 Å². The molecule has 24 heavy (non-hydrogen) atoms. The number of hydrogen-bond donors (Lipinski definition) is 1. The number of hydrogen-bond acceptors (Lipinski definition) is 2. The molecule has 0 saturated carbocycles. The highest BCUT2D eigenvalue weighted by Crippen LogP contribution is 2.31.